The number of amides is 2. The zero-order valence-electron chi connectivity index (χ0n) is 11.7. The van der Waals surface area contributed by atoms with E-state index in [1.165, 1.54) is 32.2 Å². The van der Waals surface area contributed by atoms with Crippen LogP contribution in [0.25, 0.3) is 0 Å². The van der Waals surface area contributed by atoms with E-state index in [1.54, 1.807) is 0 Å². The number of likely N-dealkylation sites (N-methyl/N-ethyl adjacent to an activating group) is 1. The van der Waals surface area contributed by atoms with Crippen molar-refractivity contribution in [2.24, 2.45) is 0 Å². The van der Waals surface area contributed by atoms with E-state index in [2.05, 4.69) is 10.3 Å². The second-order valence-corrected chi connectivity index (χ2v) is 5.94. The molecule has 1 aromatic heterocycles. The van der Waals surface area contributed by atoms with E-state index < -0.39 is 17.5 Å². The first-order valence-electron chi connectivity index (χ1n) is 5.90. The Balaban J connectivity index is 2.76. The van der Waals surface area contributed by atoms with Crippen molar-refractivity contribution in [3.63, 3.8) is 0 Å². The number of hydrogen-bond acceptors (Lipinski definition) is 4. The summed E-state index contributed by atoms with van der Waals surface area (Å²) in [6.07, 6.45) is 0. The minimum absolute atomic E-state index is 0.287. The lowest BCUT2D eigenvalue weighted by Gasteiger charge is -2.31. The van der Waals surface area contributed by atoms with Gasteiger partial charge in [-0.1, -0.05) is 13.8 Å². The molecule has 0 atom stereocenters. The van der Waals surface area contributed by atoms with E-state index in [9.17, 15) is 9.59 Å². The summed E-state index contributed by atoms with van der Waals surface area (Å²) in [6, 6.07) is -0.489. The van der Waals surface area contributed by atoms with Crippen LogP contribution in [-0.4, -0.2) is 39.6 Å². The predicted molar refractivity (Wildman–Crippen MR) is 74.7 cm³/mol. The number of urea groups is 1. The molecule has 1 aromatic rings. The highest BCUT2D eigenvalue weighted by Crippen LogP contribution is 2.22. The van der Waals surface area contributed by atoms with E-state index in [0.29, 0.717) is 5.13 Å². The fourth-order valence-electron chi connectivity index (χ4n) is 1.18. The van der Waals surface area contributed by atoms with Crippen LogP contribution in [0.15, 0.2) is 5.38 Å². The van der Waals surface area contributed by atoms with Gasteiger partial charge in [0.25, 0.3) is 0 Å². The van der Waals surface area contributed by atoms with Gasteiger partial charge in [-0.3, -0.25) is 5.32 Å². The van der Waals surface area contributed by atoms with E-state index in [4.69, 9.17) is 5.11 Å². The van der Waals surface area contributed by atoms with Crippen molar-refractivity contribution >= 4 is 28.5 Å². The Morgan fingerprint density at radius 2 is 2.05 bits per heavy atom. The lowest BCUT2D eigenvalue weighted by molar-refractivity contribution is -0.146. The summed E-state index contributed by atoms with van der Waals surface area (Å²) in [5, 5.41) is 14.0. The average molecular weight is 285 g/mol. The third-order valence-corrected chi connectivity index (χ3v) is 3.77. The Hall–Kier alpha value is -1.63. The predicted octanol–water partition coefficient (Wildman–Crippen LogP) is 2.59. The normalized spacial score (nSPS) is 11.5. The second-order valence-electron chi connectivity index (χ2n) is 5.09. The largest absolute Gasteiger partial charge is 0.480 e. The van der Waals surface area contributed by atoms with Gasteiger partial charge in [0.1, 0.15) is 5.54 Å². The minimum atomic E-state index is -1.28. The fourth-order valence-corrected chi connectivity index (χ4v) is 2.04. The molecule has 1 heterocycles. The van der Waals surface area contributed by atoms with Gasteiger partial charge in [0.05, 0.1) is 5.69 Å². The maximum Gasteiger partial charge on any atom is 0.329 e. The van der Waals surface area contributed by atoms with Crippen LogP contribution in [0.5, 0.6) is 0 Å². The van der Waals surface area contributed by atoms with Gasteiger partial charge in [-0.2, -0.15) is 0 Å². The van der Waals surface area contributed by atoms with Crippen molar-refractivity contribution in [3.8, 4) is 0 Å². The molecule has 0 aliphatic carbocycles. The number of rotatable bonds is 4. The van der Waals surface area contributed by atoms with Crippen molar-refractivity contribution in [2.75, 3.05) is 12.4 Å². The summed E-state index contributed by atoms with van der Waals surface area (Å²) >= 11 is 1.33. The smallest absolute Gasteiger partial charge is 0.329 e. The van der Waals surface area contributed by atoms with Crippen molar-refractivity contribution in [3.05, 3.63) is 11.1 Å². The molecule has 0 radical (unpaired) electrons. The Labute approximate surface area is 116 Å². The monoisotopic (exact) mass is 285 g/mol. The lowest BCUT2D eigenvalue weighted by atomic mass is 10.1. The molecule has 7 heteroatoms. The molecule has 0 aromatic carbocycles. The third kappa shape index (κ3) is 3.44. The number of nitrogens with zero attached hydrogens (tertiary/aromatic N) is 2. The van der Waals surface area contributed by atoms with E-state index in [0.717, 1.165) is 10.6 Å². The molecule has 2 N–H and O–H groups in total. The maximum atomic E-state index is 12.0. The van der Waals surface area contributed by atoms with Gasteiger partial charge in [0.15, 0.2) is 5.13 Å². The van der Waals surface area contributed by atoms with Crippen LogP contribution in [0.3, 0.4) is 0 Å². The van der Waals surface area contributed by atoms with Gasteiger partial charge in [0.2, 0.25) is 0 Å². The topological polar surface area (TPSA) is 82.5 Å². The van der Waals surface area contributed by atoms with Crippen LogP contribution < -0.4 is 5.32 Å². The molecule has 1 rings (SSSR count). The molecule has 0 aliphatic heterocycles. The molecule has 0 saturated heterocycles. The highest BCUT2D eigenvalue weighted by molar-refractivity contribution is 7.13. The highest BCUT2D eigenvalue weighted by Gasteiger charge is 2.35. The Bertz CT molecular complexity index is 482. The Morgan fingerprint density at radius 3 is 2.47 bits per heavy atom. The number of nitrogens with one attached hydrogen (secondary N) is 1. The van der Waals surface area contributed by atoms with Gasteiger partial charge < -0.3 is 10.0 Å². The number of carboxylic acid groups (broad SMARTS) is 1. The fraction of sp³-hybridized carbons (Fsp3) is 0.583. The molecule has 19 heavy (non-hydrogen) atoms. The SMILES string of the molecule is CC(C)c1csc(NC(=O)N(C)C(C)(C)C(=O)O)n1. The van der Waals surface area contributed by atoms with E-state index >= 15 is 0 Å². The average Bonchev–Trinajstić information content (AvgIpc) is 2.76. The van der Waals surface area contributed by atoms with Crippen LogP contribution in [0.2, 0.25) is 0 Å². The van der Waals surface area contributed by atoms with E-state index in [-0.39, 0.29) is 5.92 Å². The lowest BCUT2D eigenvalue weighted by Crippen LogP contribution is -2.52. The first kappa shape index (κ1) is 15.4. The van der Waals surface area contributed by atoms with Gasteiger partial charge in [-0.25, -0.2) is 14.6 Å². The first-order chi connectivity index (χ1) is 8.66. The molecular formula is C12H19N3O3S. The zero-order chi connectivity index (χ0) is 14.8. The maximum absolute atomic E-state index is 12.0. The summed E-state index contributed by atoms with van der Waals surface area (Å²) in [7, 11) is 1.44. The van der Waals surface area contributed by atoms with Crippen LogP contribution in [0, 0.1) is 0 Å². The number of carbonyl (C=O) groups is 2. The van der Waals surface area contributed by atoms with Gasteiger partial charge in [-0.05, 0) is 19.8 Å². The number of carboxylic acids is 1. The zero-order valence-corrected chi connectivity index (χ0v) is 12.5. The van der Waals surface area contributed by atoms with Gasteiger partial charge in [-0.15, -0.1) is 11.3 Å². The van der Waals surface area contributed by atoms with Gasteiger partial charge in [0, 0.05) is 12.4 Å². The highest BCUT2D eigenvalue weighted by atomic mass is 32.1. The van der Waals surface area contributed by atoms with Crippen LogP contribution in [0.1, 0.15) is 39.3 Å². The molecular weight excluding hydrogens is 266 g/mol. The van der Waals surface area contributed by atoms with E-state index in [1.807, 2.05) is 19.2 Å². The number of thiazole rings is 1. The molecule has 0 saturated carbocycles. The standard InChI is InChI=1S/C12H19N3O3S/c1-7(2)8-6-19-10(13-8)14-11(18)15(5)12(3,4)9(16)17/h6-7H,1-5H3,(H,16,17)(H,13,14,18). The molecule has 0 fully saturated rings. The summed E-state index contributed by atoms with van der Waals surface area (Å²) in [4.78, 5) is 28.5. The number of anilines is 1. The number of carbonyl (C=O) groups excluding carboxylic acids is 1. The summed E-state index contributed by atoms with van der Waals surface area (Å²) in [6.45, 7) is 6.97. The van der Waals surface area contributed by atoms with Crippen LogP contribution in [0.4, 0.5) is 9.93 Å². The molecule has 6 nitrogen and oxygen atoms in total. The van der Waals surface area contributed by atoms with Crippen molar-refractivity contribution in [2.45, 2.75) is 39.2 Å². The third-order valence-electron chi connectivity index (χ3n) is 2.99. The minimum Gasteiger partial charge on any atom is -0.480 e. The molecule has 0 bridgehead atoms. The number of hydrogen-bond donors (Lipinski definition) is 2. The summed E-state index contributed by atoms with van der Waals surface area (Å²) < 4.78 is 0. The number of aliphatic carboxylic acids is 1. The van der Waals surface area contributed by atoms with Crippen LogP contribution >= 0.6 is 11.3 Å². The van der Waals surface area contributed by atoms with Crippen molar-refractivity contribution in [1.29, 1.82) is 0 Å². The second kappa shape index (κ2) is 5.56. The van der Waals surface area contributed by atoms with Crippen molar-refractivity contribution in [1.82, 2.24) is 9.88 Å². The molecule has 0 spiro atoms. The molecule has 0 unspecified atom stereocenters. The van der Waals surface area contributed by atoms with Crippen LogP contribution in [-0.2, 0) is 4.79 Å². The molecule has 0 aliphatic rings. The Kier molecular flexibility index (Phi) is 4.52. The summed E-state index contributed by atoms with van der Waals surface area (Å²) in [5.41, 5.74) is -0.372. The summed E-state index contributed by atoms with van der Waals surface area (Å²) in [5.74, 6) is -0.776. The first-order valence-corrected chi connectivity index (χ1v) is 6.78. The molecule has 2 amide bonds. The Morgan fingerprint density at radius 1 is 1.47 bits per heavy atom. The number of aromatic nitrogens is 1. The van der Waals surface area contributed by atoms with Crippen molar-refractivity contribution < 1.29 is 14.7 Å². The quantitative estimate of drug-likeness (QED) is 0.890. The van der Waals surface area contributed by atoms with Gasteiger partial charge >= 0.3 is 12.0 Å². The molecule has 106 valence electrons.